The normalized spacial score (nSPS) is 31.4. The average Bonchev–Trinajstić information content (AvgIpc) is 2.64. The zero-order valence-corrected chi connectivity index (χ0v) is 11.5. The van der Waals surface area contributed by atoms with Crippen molar-refractivity contribution in [2.24, 2.45) is 4.99 Å². The lowest BCUT2D eigenvalue weighted by Gasteiger charge is -2.39. The highest BCUT2D eigenvalue weighted by atomic mass is 16.3. The number of benzene rings is 1. The summed E-state index contributed by atoms with van der Waals surface area (Å²) in [5.74, 6) is 1.10. The van der Waals surface area contributed by atoms with Gasteiger partial charge in [0.25, 0.3) is 0 Å². The molecule has 2 aliphatic rings. The molecule has 0 aliphatic carbocycles. The van der Waals surface area contributed by atoms with E-state index in [1.54, 1.807) is 0 Å². The number of rotatable bonds is 1. The van der Waals surface area contributed by atoms with Crippen LogP contribution < -0.4 is 0 Å². The van der Waals surface area contributed by atoms with E-state index in [4.69, 9.17) is 4.99 Å². The van der Waals surface area contributed by atoms with Crippen LogP contribution in [0.4, 0.5) is 0 Å². The molecule has 0 saturated carbocycles. The molecule has 1 aromatic rings. The highest BCUT2D eigenvalue weighted by Gasteiger charge is 2.47. The molecule has 2 atom stereocenters. The van der Waals surface area contributed by atoms with Crippen LogP contribution in [0.25, 0.3) is 0 Å². The van der Waals surface area contributed by atoms with E-state index in [-0.39, 0.29) is 6.04 Å². The van der Waals surface area contributed by atoms with Crippen molar-refractivity contribution in [1.29, 1.82) is 0 Å². The Kier molecular flexibility index (Phi) is 3.31. The first-order valence-corrected chi connectivity index (χ1v) is 7.35. The molecule has 0 radical (unpaired) electrons. The lowest BCUT2D eigenvalue weighted by atomic mass is 9.94. The second kappa shape index (κ2) is 4.97. The summed E-state index contributed by atoms with van der Waals surface area (Å²) in [6.45, 7) is 2.93. The summed E-state index contributed by atoms with van der Waals surface area (Å²) in [5.41, 5.74) is 0.00956. The van der Waals surface area contributed by atoms with Crippen LogP contribution in [0.5, 0.6) is 0 Å². The third-order valence-corrected chi connectivity index (χ3v) is 4.38. The van der Waals surface area contributed by atoms with Gasteiger partial charge in [-0.15, -0.1) is 0 Å². The quantitative estimate of drug-likeness (QED) is 0.840. The van der Waals surface area contributed by atoms with Crippen molar-refractivity contribution < 1.29 is 5.11 Å². The first-order chi connectivity index (χ1) is 9.23. The average molecular weight is 258 g/mol. The molecule has 1 fully saturated rings. The molecule has 0 spiro atoms. The van der Waals surface area contributed by atoms with E-state index in [1.807, 2.05) is 37.3 Å². The molecule has 2 heterocycles. The van der Waals surface area contributed by atoms with Gasteiger partial charge in [-0.05, 0) is 19.8 Å². The predicted octanol–water partition coefficient (Wildman–Crippen LogP) is 2.90. The highest BCUT2D eigenvalue weighted by molar-refractivity contribution is 5.85. The molecule has 1 N–H and O–H groups in total. The Morgan fingerprint density at radius 1 is 1.16 bits per heavy atom. The van der Waals surface area contributed by atoms with Gasteiger partial charge >= 0.3 is 0 Å². The lowest BCUT2D eigenvalue weighted by molar-refractivity contribution is -0.0805. The standard InChI is InChI=1S/C16H22N2O/c1-13-16(19,14-9-5-4-6-10-14)18-12-8-3-2-7-11-15(18)17-13/h4-6,9-10,13,19H,2-3,7-8,11-12H2,1H3. The van der Waals surface area contributed by atoms with Crippen LogP contribution in [0, 0.1) is 0 Å². The van der Waals surface area contributed by atoms with Gasteiger partial charge in [-0.25, -0.2) is 0 Å². The smallest absolute Gasteiger partial charge is 0.188 e. The molecule has 0 aromatic heterocycles. The number of fused-ring (bicyclic) bond motifs is 1. The van der Waals surface area contributed by atoms with E-state index in [0.717, 1.165) is 30.8 Å². The number of aliphatic imine (C=N–C) groups is 1. The van der Waals surface area contributed by atoms with E-state index < -0.39 is 5.72 Å². The van der Waals surface area contributed by atoms with Gasteiger partial charge in [-0.2, -0.15) is 0 Å². The molecular weight excluding hydrogens is 236 g/mol. The Labute approximate surface area is 115 Å². The topological polar surface area (TPSA) is 35.8 Å². The largest absolute Gasteiger partial charge is 0.365 e. The maximum absolute atomic E-state index is 11.3. The number of hydrogen-bond acceptors (Lipinski definition) is 3. The van der Waals surface area contributed by atoms with Crippen molar-refractivity contribution in [3.05, 3.63) is 35.9 Å². The Balaban J connectivity index is 1.97. The van der Waals surface area contributed by atoms with Crippen molar-refractivity contribution in [1.82, 2.24) is 4.90 Å². The van der Waals surface area contributed by atoms with Crippen molar-refractivity contribution >= 4 is 5.84 Å². The fourth-order valence-corrected chi connectivity index (χ4v) is 3.29. The molecule has 0 amide bonds. The number of nitrogens with zero attached hydrogens (tertiary/aromatic N) is 2. The zero-order valence-electron chi connectivity index (χ0n) is 11.5. The van der Waals surface area contributed by atoms with Gasteiger partial charge < -0.3 is 10.0 Å². The summed E-state index contributed by atoms with van der Waals surface area (Å²) >= 11 is 0. The van der Waals surface area contributed by atoms with Crippen LogP contribution in [-0.4, -0.2) is 28.4 Å². The van der Waals surface area contributed by atoms with Crippen molar-refractivity contribution in [2.45, 2.75) is 50.8 Å². The van der Waals surface area contributed by atoms with Crippen LogP contribution >= 0.6 is 0 Å². The van der Waals surface area contributed by atoms with Crippen LogP contribution in [-0.2, 0) is 5.72 Å². The summed E-state index contributed by atoms with van der Waals surface area (Å²) in [7, 11) is 0. The molecule has 2 aliphatic heterocycles. The van der Waals surface area contributed by atoms with Crippen LogP contribution in [0.1, 0.15) is 44.6 Å². The molecule has 1 aromatic carbocycles. The van der Waals surface area contributed by atoms with E-state index >= 15 is 0 Å². The van der Waals surface area contributed by atoms with Gasteiger partial charge in [0.1, 0.15) is 11.9 Å². The minimum atomic E-state index is -0.950. The summed E-state index contributed by atoms with van der Waals surface area (Å²) in [6.07, 6.45) is 5.86. The Bertz CT molecular complexity index is 471. The zero-order chi connectivity index (χ0) is 13.3. The van der Waals surface area contributed by atoms with Gasteiger partial charge in [-0.3, -0.25) is 4.99 Å². The fraction of sp³-hybridized carbons (Fsp3) is 0.562. The number of aliphatic hydroxyl groups is 1. The number of hydrogen-bond donors (Lipinski definition) is 1. The summed E-state index contributed by atoms with van der Waals surface area (Å²) in [6, 6.07) is 9.89. The molecule has 3 nitrogen and oxygen atoms in total. The highest BCUT2D eigenvalue weighted by Crippen LogP contribution is 2.38. The van der Waals surface area contributed by atoms with Crippen molar-refractivity contribution in [2.75, 3.05) is 6.54 Å². The molecule has 102 valence electrons. The Morgan fingerprint density at radius 2 is 1.89 bits per heavy atom. The third-order valence-electron chi connectivity index (χ3n) is 4.38. The molecular formula is C16H22N2O. The molecule has 3 heteroatoms. The second-order valence-corrected chi connectivity index (χ2v) is 5.63. The van der Waals surface area contributed by atoms with Gasteiger partial charge in [-0.1, -0.05) is 43.2 Å². The number of amidine groups is 1. The first-order valence-electron chi connectivity index (χ1n) is 7.35. The van der Waals surface area contributed by atoms with E-state index in [1.165, 1.54) is 19.3 Å². The molecule has 2 unspecified atom stereocenters. The van der Waals surface area contributed by atoms with Crippen LogP contribution in [0.15, 0.2) is 35.3 Å². The van der Waals surface area contributed by atoms with Crippen molar-refractivity contribution in [3.63, 3.8) is 0 Å². The van der Waals surface area contributed by atoms with Gasteiger partial charge in [0.15, 0.2) is 5.72 Å². The SMILES string of the molecule is CC1N=C2CCCCCCN2C1(O)c1ccccc1. The van der Waals surface area contributed by atoms with Gasteiger partial charge in [0.2, 0.25) is 0 Å². The maximum Gasteiger partial charge on any atom is 0.188 e. The van der Waals surface area contributed by atoms with Gasteiger partial charge in [0, 0.05) is 18.5 Å². The first kappa shape index (κ1) is 12.7. The minimum Gasteiger partial charge on any atom is -0.365 e. The predicted molar refractivity (Wildman–Crippen MR) is 77.0 cm³/mol. The molecule has 0 bridgehead atoms. The van der Waals surface area contributed by atoms with Crippen LogP contribution in [0.2, 0.25) is 0 Å². The lowest BCUT2D eigenvalue weighted by Crippen LogP contribution is -2.50. The van der Waals surface area contributed by atoms with E-state index in [2.05, 4.69) is 4.90 Å². The molecule has 1 saturated heterocycles. The van der Waals surface area contributed by atoms with Gasteiger partial charge in [0.05, 0.1) is 0 Å². The maximum atomic E-state index is 11.3. The Hall–Kier alpha value is -1.35. The van der Waals surface area contributed by atoms with E-state index in [9.17, 15) is 5.11 Å². The fourth-order valence-electron chi connectivity index (χ4n) is 3.29. The second-order valence-electron chi connectivity index (χ2n) is 5.63. The Morgan fingerprint density at radius 3 is 2.68 bits per heavy atom. The monoisotopic (exact) mass is 258 g/mol. The minimum absolute atomic E-state index is 0.0944. The summed E-state index contributed by atoms with van der Waals surface area (Å²) in [4.78, 5) is 6.88. The summed E-state index contributed by atoms with van der Waals surface area (Å²) < 4.78 is 0. The third kappa shape index (κ3) is 2.06. The van der Waals surface area contributed by atoms with Crippen LogP contribution in [0.3, 0.4) is 0 Å². The van der Waals surface area contributed by atoms with Crippen molar-refractivity contribution in [3.8, 4) is 0 Å². The molecule has 19 heavy (non-hydrogen) atoms. The molecule has 3 rings (SSSR count). The van der Waals surface area contributed by atoms with E-state index in [0.29, 0.717) is 0 Å². The summed E-state index contributed by atoms with van der Waals surface area (Å²) in [5, 5.41) is 11.3.